The van der Waals surface area contributed by atoms with Gasteiger partial charge in [0.15, 0.2) is 0 Å². The summed E-state index contributed by atoms with van der Waals surface area (Å²) >= 11 is 0. The van der Waals surface area contributed by atoms with Gasteiger partial charge in [-0.2, -0.15) is 0 Å². The average molecular weight is 227 g/mol. The SMILES string of the molecule is CC(C)CN1C(C)CCNCC1CN(C)C. The highest BCUT2D eigenvalue weighted by atomic mass is 15.2. The molecule has 0 saturated carbocycles. The van der Waals surface area contributed by atoms with E-state index in [0.717, 1.165) is 19.0 Å². The molecule has 2 unspecified atom stereocenters. The molecule has 96 valence electrons. The summed E-state index contributed by atoms with van der Waals surface area (Å²) in [7, 11) is 4.34. The second kappa shape index (κ2) is 6.58. The normalized spacial score (nSPS) is 28.7. The lowest BCUT2D eigenvalue weighted by atomic mass is 10.1. The molecule has 1 N–H and O–H groups in total. The van der Waals surface area contributed by atoms with Gasteiger partial charge in [0.05, 0.1) is 0 Å². The van der Waals surface area contributed by atoms with Crippen molar-refractivity contribution in [3.8, 4) is 0 Å². The second-order valence-electron chi connectivity index (χ2n) is 5.85. The summed E-state index contributed by atoms with van der Waals surface area (Å²) < 4.78 is 0. The molecule has 1 aliphatic rings. The summed E-state index contributed by atoms with van der Waals surface area (Å²) in [6.45, 7) is 11.7. The Bertz CT molecular complexity index is 192. The third-order valence-corrected chi connectivity index (χ3v) is 3.31. The lowest BCUT2D eigenvalue weighted by molar-refractivity contribution is 0.113. The van der Waals surface area contributed by atoms with Crippen molar-refractivity contribution in [2.24, 2.45) is 5.92 Å². The van der Waals surface area contributed by atoms with E-state index in [1.807, 2.05) is 0 Å². The standard InChI is InChI=1S/C13H29N3/c1-11(2)9-16-12(3)6-7-14-8-13(16)10-15(4)5/h11-14H,6-10H2,1-5H3. The van der Waals surface area contributed by atoms with E-state index in [9.17, 15) is 0 Å². The van der Waals surface area contributed by atoms with Crippen LogP contribution in [0.3, 0.4) is 0 Å². The Labute approximate surface area is 101 Å². The molecule has 16 heavy (non-hydrogen) atoms. The maximum atomic E-state index is 3.57. The number of rotatable bonds is 4. The third-order valence-electron chi connectivity index (χ3n) is 3.31. The first-order valence-corrected chi connectivity index (χ1v) is 6.62. The van der Waals surface area contributed by atoms with Crippen molar-refractivity contribution < 1.29 is 0 Å². The van der Waals surface area contributed by atoms with Crippen LogP contribution >= 0.6 is 0 Å². The minimum Gasteiger partial charge on any atom is -0.315 e. The van der Waals surface area contributed by atoms with Gasteiger partial charge in [0.1, 0.15) is 0 Å². The molecule has 1 heterocycles. The molecule has 0 radical (unpaired) electrons. The number of nitrogens with zero attached hydrogens (tertiary/aromatic N) is 2. The van der Waals surface area contributed by atoms with E-state index in [0.29, 0.717) is 12.1 Å². The molecule has 0 aliphatic carbocycles. The molecule has 3 nitrogen and oxygen atoms in total. The fraction of sp³-hybridized carbons (Fsp3) is 1.00. The fourth-order valence-electron chi connectivity index (χ4n) is 2.56. The van der Waals surface area contributed by atoms with Crippen LogP contribution in [0.1, 0.15) is 27.2 Å². The van der Waals surface area contributed by atoms with Crippen LogP contribution < -0.4 is 5.32 Å². The van der Waals surface area contributed by atoms with E-state index < -0.39 is 0 Å². The summed E-state index contributed by atoms with van der Waals surface area (Å²) in [4.78, 5) is 5.00. The van der Waals surface area contributed by atoms with Gasteiger partial charge in [-0.05, 0) is 39.9 Å². The lowest BCUT2D eigenvalue weighted by Crippen LogP contribution is -2.50. The summed E-state index contributed by atoms with van der Waals surface area (Å²) in [5, 5.41) is 3.57. The first kappa shape index (κ1) is 13.9. The van der Waals surface area contributed by atoms with Crippen molar-refractivity contribution in [2.45, 2.75) is 39.3 Å². The van der Waals surface area contributed by atoms with Gasteiger partial charge in [0.25, 0.3) is 0 Å². The van der Waals surface area contributed by atoms with Gasteiger partial charge in [-0.3, -0.25) is 4.90 Å². The minimum atomic E-state index is 0.662. The molecule has 0 amide bonds. The van der Waals surface area contributed by atoms with Crippen LogP contribution in [-0.4, -0.2) is 62.2 Å². The highest BCUT2D eigenvalue weighted by Crippen LogP contribution is 2.14. The molecule has 1 aliphatic heterocycles. The van der Waals surface area contributed by atoms with Crippen molar-refractivity contribution >= 4 is 0 Å². The van der Waals surface area contributed by atoms with Crippen LogP contribution in [0, 0.1) is 5.92 Å². The number of likely N-dealkylation sites (N-methyl/N-ethyl adjacent to an activating group) is 1. The predicted octanol–water partition coefficient (Wildman–Crippen LogP) is 1.26. The van der Waals surface area contributed by atoms with E-state index in [4.69, 9.17) is 0 Å². The van der Waals surface area contributed by atoms with Gasteiger partial charge < -0.3 is 10.2 Å². The summed E-state index contributed by atoms with van der Waals surface area (Å²) in [6, 6.07) is 1.37. The predicted molar refractivity (Wildman–Crippen MR) is 70.8 cm³/mol. The zero-order chi connectivity index (χ0) is 12.1. The quantitative estimate of drug-likeness (QED) is 0.780. The molecule has 0 aromatic carbocycles. The van der Waals surface area contributed by atoms with Crippen LogP contribution in [0.2, 0.25) is 0 Å². The molecule has 0 aromatic rings. The van der Waals surface area contributed by atoms with Crippen molar-refractivity contribution in [2.75, 3.05) is 40.3 Å². The minimum absolute atomic E-state index is 0.662. The topological polar surface area (TPSA) is 18.5 Å². The molecular formula is C13H29N3. The molecule has 0 spiro atoms. The summed E-state index contributed by atoms with van der Waals surface area (Å²) in [6.07, 6.45) is 1.27. The monoisotopic (exact) mass is 227 g/mol. The van der Waals surface area contributed by atoms with Crippen molar-refractivity contribution in [3.63, 3.8) is 0 Å². The second-order valence-corrected chi connectivity index (χ2v) is 5.85. The Balaban J connectivity index is 2.64. The summed E-state index contributed by atoms with van der Waals surface area (Å²) in [5.74, 6) is 0.755. The maximum Gasteiger partial charge on any atom is 0.0350 e. The fourth-order valence-corrected chi connectivity index (χ4v) is 2.56. The molecule has 3 heteroatoms. The molecule has 1 rings (SSSR count). The van der Waals surface area contributed by atoms with Crippen LogP contribution in [0.4, 0.5) is 0 Å². The first-order valence-electron chi connectivity index (χ1n) is 6.62. The van der Waals surface area contributed by atoms with Gasteiger partial charge in [-0.1, -0.05) is 13.8 Å². The number of hydrogen-bond donors (Lipinski definition) is 1. The molecule has 1 saturated heterocycles. The third kappa shape index (κ3) is 4.40. The van der Waals surface area contributed by atoms with Gasteiger partial charge in [-0.15, -0.1) is 0 Å². The Kier molecular flexibility index (Phi) is 5.73. The highest BCUT2D eigenvalue weighted by molar-refractivity contribution is 4.84. The smallest absolute Gasteiger partial charge is 0.0350 e. The number of nitrogens with one attached hydrogen (secondary N) is 1. The van der Waals surface area contributed by atoms with E-state index in [1.165, 1.54) is 19.5 Å². The Hall–Kier alpha value is -0.120. The van der Waals surface area contributed by atoms with Crippen LogP contribution in [-0.2, 0) is 0 Å². The zero-order valence-corrected chi connectivity index (χ0v) is 11.7. The molecule has 0 bridgehead atoms. The number of hydrogen-bond acceptors (Lipinski definition) is 3. The Morgan fingerprint density at radius 1 is 1.38 bits per heavy atom. The Morgan fingerprint density at radius 2 is 2.06 bits per heavy atom. The molecule has 2 atom stereocenters. The van der Waals surface area contributed by atoms with E-state index in [1.54, 1.807) is 0 Å². The van der Waals surface area contributed by atoms with Crippen molar-refractivity contribution in [1.29, 1.82) is 0 Å². The van der Waals surface area contributed by atoms with Crippen LogP contribution in [0.5, 0.6) is 0 Å². The first-order chi connectivity index (χ1) is 7.50. The van der Waals surface area contributed by atoms with Gasteiger partial charge in [0, 0.05) is 31.7 Å². The summed E-state index contributed by atoms with van der Waals surface area (Å²) in [5.41, 5.74) is 0. The molecule has 0 aromatic heterocycles. The highest BCUT2D eigenvalue weighted by Gasteiger charge is 2.26. The zero-order valence-electron chi connectivity index (χ0n) is 11.7. The van der Waals surface area contributed by atoms with Gasteiger partial charge >= 0.3 is 0 Å². The average Bonchev–Trinajstić information content (AvgIpc) is 2.31. The van der Waals surface area contributed by atoms with Crippen molar-refractivity contribution in [1.82, 2.24) is 15.1 Å². The van der Waals surface area contributed by atoms with E-state index in [-0.39, 0.29) is 0 Å². The Morgan fingerprint density at radius 3 is 2.62 bits per heavy atom. The van der Waals surface area contributed by atoms with E-state index in [2.05, 4.69) is 50.0 Å². The van der Waals surface area contributed by atoms with Crippen LogP contribution in [0.15, 0.2) is 0 Å². The molecular weight excluding hydrogens is 198 g/mol. The maximum absolute atomic E-state index is 3.57. The van der Waals surface area contributed by atoms with Gasteiger partial charge in [-0.25, -0.2) is 0 Å². The largest absolute Gasteiger partial charge is 0.315 e. The van der Waals surface area contributed by atoms with Crippen molar-refractivity contribution in [3.05, 3.63) is 0 Å². The lowest BCUT2D eigenvalue weighted by Gasteiger charge is -2.37. The molecule has 1 fully saturated rings. The van der Waals surface area contributed by atoms with Gasteiger partial charge in [0.2, 0.25) is 0 Å². The van der Waals surface area contributed by atoms with E-state index >= 15 is 0 Å². The van der Waals surface area contributed by atoms with Crippen LogP contribution in [0.25, 0.3) is 0 Å².